The van der Waals surface area contributed by atoms with Gasteiger partial charge in [-0.05, 0) is 19.1 Å². The Balaban J connectivity index is 2.47. The molecule has 138 valence electrons. The van der Waals surface area contributed by atoms with Crippen LogP contribution >= 0.6 is 11.6 Å². The molecule has 2 aromatic rings. The van der Waals surface area contributed by atoms with E-state index in [0.29, 0.717) is 0 Å². The monoisotopic (exact) mass is 391 g/mol. The van der Waals surface area contributed by atoms with Gasteiger partial charge in [0.05, 0.1) is 18.9 Å². The minimum absolute atomic E-state index is 0.0148. The van der Waals surface area contributed by atoms with Crippen LogP contribution < -0.4 is 0 Å². The molecule has 1 aromatic carbocycles. The van der Waals surface area contributed by atoms with E-state index in [1.165, 1.54) is 36.4 Å². The van der Waals surface area contributed by atoms with Crippen LogP contribution in [0, 0.1) is 11.7 Å². The Kier molecular flexibility index (Phi) is 5.82. The molecule has 1 aromatic heterocycles. The van der Waals surface area contributed by atoms with E-state index >= 15 is 0 Å². The Labute approximate surface area is 150 Å². The van der Waals surface area contributed by atoms with E-state index in [1.54, 1.807) is 6.92 Å². The molecule has 1 unspecified atom stereocenters. The molecule has 0 radical (unpaired) electrons. The molecule has 0 spiro atoms. The summed E-state index contributed by atoms with van der Waals surface area (Å²) in [6, 6.07) is 3.61. The Morgan fingerprint density at radius 1 is 1.44 bits per heavy atom. The summed E-state index contributed by atoms with van der Waals surface area (Å²) in [4.78, 5) is 3.82. The number of halogens is 2. The van der Waals surface area contributed by atoms with Crippen LogP contribution in [-0.2, 0) is 26.4 Å². The molecule has 0 amide bonds. The molecule has 10 heteroatoms. The van der Waals surface area contributed by atoms with Gasteiger partial charge in [0.15, 0.2) is 0 Å². The van der Waals surface area contributed by atoms with Gasteiger partial charge in [-0.1, -0.05) is 24.6 Å². The number of rotatable bonds is 7. The second-order valence-corrected chi connectivity index (χ2v) is 7.94. The van der Waals surface area contributed by atoms with Crippen LogP contribution in [0.25, 0.3) is 0 Å². The van der Waals surface area contributed by atoms with Gasteiger partial charge >= 0.3 is 0 Å². The summed E-state index contributed by atoms with van der Waals surface area (Å²) in [6.07, 6.45) is 2.76. The number of benzene rings is 1. The lowest BCUT2D eigenvalue weighted by molar-refractivity contribution is -0.0703. The smallest absolute Gasteiger partial charge is 0.264 e. The van der Waals surface area contributed by atoms with Crippen molar-refractivity contribution in [1.29, 1.82) is 0 Å². The van der Waals surface area contributed by atoms with Gasteiger partial charge < -0.3 is 5.11 Å². The molecule has 0 aliphatic carbocycles. The molecule has 0 aliphatic heterocycles. The molecule has 25 heavy (non-hydrogen) atoms. The molecule has 2 rings (SSSR count). The average molecular weight is 392 g/mol. The first-order valence-corrected chi connectivity index (χ1v) is 9.61. The van der Waals surface area contributed by atoms with Gasteiger partial charge in [-0.15, -0.1) is 0 Å². The topological polar surface area (TPSA) is 94.3 Å². The minimum Gasteiger partial charge on any atom is -0.383 e. The van der Waals surface area contributed by atoms with E-state index in [2.05, 4.69) is 10.1 Å². The Bertz CT molecular complexity index is 831. The first-order chi connectivity index (χ1) is 11.5. The van der Waals surface area contributed by atoms with E-state index < -0.39 is 33.6 Å². The van der Waals surface area contributed by atoms with Crippen molar-refractivity contribution in [2.45, 2.75) is 32.1 Å². The van der Waals surface area contributed by atoms with Crippen LogP contribution in [0.1, 0.15) is 19.4 Å². The largest absolute Gasteiger partial charge is 0.383 e. The highest BCUT2D eigenvalue weighted by Crippen LogP contribution is 2.38. The highest BCUT2D eigenvalue weighted by atomic mass is 35.5. The fourth-order valence-corrected chi connectivity index (χ4v) is 3.67. The zero-order valence-corrected chi connectivity index (χ0v) is 15.5. The van der Waals surface area contributed by atoms with Crippen molar-refractivity contribution in [2.75, 3.05) is 6.26 Å². The molecule has 1 heterocycles. The normalized spacial score (nSPS) is 17.0. The van der Waals surface area contributed by atoms with Crippen LogP contribution in [0.15, 0.2) is 30.9 Å². The maximum absolute atomic E-state index is 13.4. The fraction of sp³-hybridized carbons (Fsp3) is 0.467. The summed E-state index contributed by atoms with van der Waals surface area (Å²) in [5.74, 6) is -1.28. The second kappa shape index (κ2) is 7.36. The lowest BCUT2D eigenvalue weighted by atomic mass is 9.79. The standard InChI is InChI=1S/C15H19ClFN3O4S/c1-10(11(2)24-25(3,22)23)15(21,7-20-9-18-8-19-20)13-5-4-12(17)6-14(13)16/h4-6,8-11,21H,7H2,1-3H3/t10-,11?,15-/m1/s1. The highest BCUT2D eigenvalue weighted by Gasteiger charge is 2.42. The van der Waals surface area contributed by atoms with Gasteiger partial charge in [0.1, 0.15) is 24.1 Å². The Morgan fingerprint density at radius 3 is 2.64 bits per heavy atom. The molecule has 0 saturated carbocycles. The van der Waals surface area contributed by atoms with Gasteiger partial charge in [-0.25, -0.2) is 14.1 Å². The average Bonchev–Trinajstić information content (AvgIpc) is 2.97. The third-order valence-electron chi connectivity index (χ3n) is 4.05. The third-order valence-corrected chi connectivity index (χ3v) is 5.02. The minimum atomic E-state index is -3.73. The quantitative estimate of drug-likeness (QED) is 0.725. The van der Waals surface area contributed by atoms with Crippen LogP contribution in [-0.4, -0.2) is 40.6 Å². The Morgan fingerprint density at radius 2 is 2.12 bits per heavy atom. The van der Waals surface area contributed by atoms with Crippen LogP contribution in [0.5, 0.6) is 0 Å². The molecule has 0 fully saturated rings. The van der Waals surface area contributed by atoms with Crippen molar-refractivity contribution in [3.63, 3.8) is 0 Å². The highest BCUT2D eigenvalue weighted by molar-refractivity contribution is 7.86. The van der Waals surface area contributed by atoms with Crippen molar-refractivity contribution in [1.82, 2.24) is 14.8 Å². The summed E-state index contributed by atoms with van der Waals surface area (Å²) in [5, 5.41) is 15.4. The van der Waals surface area contributed by atoms with Crippen molar-refractivity contribution >= 4 is 21.7 Å². The molecular weight excluding hydrogens is 373 g/mol. The molecule has 1 N–H and O–H groups in total. The number of aliphatic hydroxyl groups is 1. The summed E-state index contributed by atoms with van der Waals surface area (Å²) >= 11 is 6.13. The number of aromatic nitrogens is 3. The molecular formula is C15H19ClFN3O4S. The lowest BCUT2D eigenvalue weighted by Gasteiger charge is -2.37. The zero-order chi connectivity index (χ0) is 18.8. The lowest BCUT2D eigenvalue weighted by Crippen LogP contribution is -2.44. The van der Waals surface area contributed by atoms with E-state index in [0.717, 1.165) is 12.3 Å². The predicted octanol–water partition coefficient (Wildman–Crippen LogP) is 1.96. The third kappa shape index (κ3) is 4.75. The number of hydrogen-bond acceptors (Lipinski definition) is 6. The first kappa shape index (κ1) is 19.8. The SMILES string of the molecule is CC(OS(C)(=O)=O)[C@@H](C)[C@](O)(Cn1cncn1)c1ccc(F)cc1Cl. The number of nitrogens with zero attached hydrogens (tertiary/aromatic N) is 3. The summed E-state index contributed by atoms with van der Waals surface area (Å²) in [6.45, 7) is 3.07. The van der Waals surface area contributed by atoms with Gasteiger partial charge in [0.25, 0.3) is 10.1 Å². The van der Waals surface area contributed by atoms with E-state index in [1.807, 2.05) is 0 Å². The molecule has 0 aliphatic rings. The fourth-order valence-electron chi connectivity index (χ4n) is 2.62. The van der Waals surface area contributed by atoms with E-state index in [9.17, 15) is 17.9 Å². The summed E-state index contributed by atoms with van der Waals surface area (Å²) in [7, 11) is -3.73. The van der Waals surface area contributed by atoms with Crippen molar-refractivity contribution in [2.24, 2.45) is 5.92 Å². The van der Waals surface area contributed by atoms with Gasteiger partial charge in [-0.2, -0.15) is 13.5 Å². The van der Waals surface area contributed by atoms with Crippen LogP contribution in [0.3, 0.4) is 0 Å². The van der Waals surface area contributed by atoms with Gasteiger partial charge in [0.2, 0.25) is 0 Å². The van der Waals surface area contributed by atoms with E-state index in [4.69, 9.17) is 15.8 Å². The predicted molar refractivity (Wildman–Crippen MR) is 89.9 cm³/mol. The van der Waals surface area contributed by atoms with Crippen LogP contribution in [0.2, 0.25) is 5.02 Å². The van der Waals surface area contributed by atoms with Gasteiger partial charge in [0, 0.05) is 16.5 Å². The second-order valence-electron chi connectivity index (χ2n) is 5.94. The summed E-state index contributed by atoms with van der Waals surface area (Å²) in [5.41, 5.74) is -1.44. The maximum atomic E-state index is 13.4. The van der Waals surface area contributed by atoms with Crippen molar-refractivity contribution < 1.29 is 22.1 Å². The van der Waals surface area contributed by atoms with Crippen LogP contribution in [0.4, 0.5) is 4.39 Å². The molecule has 0 bridgehead atoms. The molecule has 0 saturated heterocycles. The maximum Gasteiger partial charge on any atom is 0.264 e. The van der Waals surface area contributed by atoms with Crippen molar-refractivity contribution in [3.05, 3.63) is 47.3 Å². The number of hydrogen-bond donors (Lipinski definition) is 1. The summed E-state index contributed by atoms with van der Waals surface area (Å²) < 4.78 is 42.6. The molecule has 3 atom stereocenters. The van der Waals surface area contributed by atoms with Crippen molar-refractivity contribution in [3.8, 4) is 0 Å². The first-order valence-electron chi connectivity index (χ1n) is 7.41. The zero-order valence-electron chi connectivity index (χ0n) is 13.9. The van der Waals surface area contributed by atoms with E-state index in [-0.39, 0.29) is 17.1 Å². The molecule has 7 nitrogen and oxygen atoms in total. The van der Waals surface area contributed by atoms with Gasteiger partial charge in [-0.3, -0.25) is 4.18 Å². The Hall–Kier alpha value is -1.55.